The standard InChI is InChI=1S/C20H16F3NO4/c1-12-19(18(26)10-14(11-25)24-12)13-2-4-15(5-3-13)27-16-6-8-17(9-7-16)28-20(21,22)23/h2-10,25H,11H2,1H3,(H,24,26). The second kappa shape index (κ2) is 7.77. The maximum absolute atomic E-state index is 12.3. The molecule has 0 unspecified atom stereocenters. The Morgan fingerprint density at radius 3 is 2.00 bits per heavy atom. The molecular formula is C20H16F3NO4. The predicted molar refractivity (Wildman–Crippen MR) is 96.4 cm³/mol. The average Bonchev–Trinajstić information content (AvgIpc) is 2.63. The van der Waals surface area contributed by atoms with Gasteiger partial charge in [-0.3, -0.25) is 4.79 Å². The molecule has 146 valence electrons. The normalized spacial score (nSPS) is 11.3. The van der Waals surface area contributed by atoms with Crippen molar-refractivity contribution in [2.45, 2.75) is 19.9 Å². The van der Waals surface area contributed by atoms with Crippen molar-refractivity contribution in [1.29, 1.82) is 0 Å². The molecule has 0 aliphatic heterocycles. The molecule has 5 nitrogen and oxygen atoms in total. The Morgan fingerprint density at radius 2 is 1.50 bits per heavy atom. The number of hydrogen-bond donors (Lipinski definition) is 2. The van der Waals surface area contributed by atoms with Gasteiger partial charge in [-0.2, -0.15) is 0 Å². The maximum Gasteiger partial charge on any atom is 0.573 e. The summed E-state index contributed by atoms with van der Waals surface area (Å²) in [6.45, 7) is 1.49. The van der Waals surface area contributed by atoms with Crippen molar-refractivity contribution in [1.82, 2.24) is 4.98 Å². The minimum Gasteiger partial charge on any atom is -0.457 e. The summed E-state index contributed by atoms with van der Waals surface area (Å²) in [5, 5.41) is 9.15. The van der Waals surface area contributed by atoms with E-state index in [-0.39, 0.29) is 17.8 Å². The summed E-state index contributed by atoms with van der Waals surface area (Å²) in [5.41, 5.74) is 2.01. The van der Waals surface area contributed by atoms with E-state index in [1.54, 1.807) is 31.2 Å². The average molecular weight is 391 g/mol. The summed E-state index contributed by atoms with van der Waals surface area (Å²) in [6, 6.07) is 13.1. The third-order valence-corrected chi connectivity index (χ3v) is 3.88. The number of halogens is 3. The molecule has 0 aliphatic carbocycles. The van der Waals surface area contributed by atoms with Gasteiger partial charge in [0.25, 0.3) is 0 Å². The largest absolute Gasteiger partial charge is 0.573 e. The lowest BCUT2D eigenvalue weighted by Crippen LogP contribution is -2.16. The van der Waals surface area contributed by atoms with Crippen molar-refractivity contribution in [3.63, 3.8) is 0 Å². The SMILES string of the molecule is Cc1[nH]c(CO)cc(=O)c1-c1ccc(Oc2ccc(OC(F)(F)F)cc2)cc1. The van der Waals surface area contributed by atoms with Gasteiger partial charge in [-0.15, -0.1) is 13.2 Å². The number of alkyl halides is 3. The Hall–Kier alpha value is -3.26. The van der Waals surface area contributed by atoms with Gasteiger partial charge in [0.1, 0.15) is 17.2 Å². The van der Waals surface area contributed by atoms with E-state index in [1.807, 2.05) is 0 Å². The van der Waals surface area contributed by atoms with Crippen LogP contribution >= 0.6 is 0 Å². The van der Waals surface area contributed by atoms with Crippen molar-refractivity contribution in [3.05, 3.63) is 76.2 Å². The molecule has 0 amide bonds. The monoisotopic (exact) mass is 391 g/mol. The lowest BCUT2D eigenvalue weighted by atomic mass is 10.0. The third kappa shape index (κ3) is 4.72. The van der Waals surface area contributed by atoms with Crippen molar-refractivity contribution in [2.24, 2.45) is 0 Å². The quantitative estimate of drug-likeness (QED) is 0.670. The molecule has 8 heteroatoms. The molecule has 0 aliphatic rings. The number of hydrogen-bond acceptors (Lipinski definition) is 4. The zero-order valence-electron chi connectivity index (χ0n) is 14.7. The molecule has 2 N–H and O–H groups in total. The van der Waals surface area contributed by atoms with Crippen LogP contribution in [0.1, 0.15) is 11.4 Å². The van der Waals surface area contributed by atoms with E-state index in [4.69, 9.17) is 9.84 Å². The van der Waals surface area contributed by atoms with Gasteiger partial charge in [-0.25, -0.2) is 0 Å². The van der Waals surface area contributed by atoms with Gasteiger partial charge in [0.15, 0.2) is 5.43 Å². The van der Waals surface area contributed by atoms with Crippen molar-refractivity contribution < 1.29 is 27.8 Å². The molecule has 0 saturated heterocycles. The lowest BCUT2D eigenvalue weighted by molar-refractivity contribution is -0.274. The van der Waals surface area contributed by atoms with Crippen LogP contribution in [-0.2, 0) is 6.61 Å². The van der Waals surface area contributed by atoms with Crippen molar-refractivity contribution in [2.75, 3.05) is 0 Å². The Bertz CT molecular complexity index is 1010. The number of aryl methyl sites for hydroxylation is 1. The molecule has 2 aromatic carbocycles. The van der Waals surface area contributed by atoms with Gasteiger partial charge in [0, 0.05) is 23.0 Å². The number of aromatic nitrogens is 1. The van der Waals surface area contributed by atoms with Crippen LogP contribution in [0, 0.1) is 6.92 Å². The number of ether oxygens (including phenoxy) is 2. The first-order chi connectivity index (χ1) is 13.2. The summed E-state index contributed by atoms with van der Waals surface area (Å²) in [5.74, 6) is 0.453. The van der Waals surface area contributed by atoms with E-state index in [2.05, 4.69) is 9.72 Å². The summed E-state index contributed by atoms with van der Waals surface area (Å²) in [4.78, 5) is 15.2. The second-order valence-corrected chi connectivity index (χ2v) is 5.96. The number of aliphatic hydroxyl groups is 1. The van der Waals surface area contributed by atoms with Crippen LogP contribution in [0.2, 0.25) is 0 Å². The fourth-order valence-electron chi connectivity index (χ4n) is 2.73. The Balaban J connectivity index is 1.76. The molecule has 3 aromatic rings. The fraction of sp³-hybridized carbons (Fsp3) is 0.150. The van der Waals surface area contributed by atoms with Crippen LogP contribution in [0.15, 0.2) is 59.4 Å². The molecule has 28 heavy (non-hydrogen) atoms. The van der Waals surface area contributed by atoms with Crippen LogP contribution in [-0.4, -0.2) is 16.5 Å². The minimum atomic E-state index is -4.75. The zero-order valence-corrected chi connectivity index (χ0v) is 14.7. The highest BCUT2D eigenvalue weighted by atomic mass is 19.4. The highest BCUT2D eigenvalue weighted by molar-refractivity contribution is 5.66. The Kier molecular flexibility index (Phi) is 5.41. The number of aliphatic hydroxyl groups excluding tert-OH is 1. The van der Waals surface area contributed by atoms with Gasteiger partial charge in [-0.1, -0.05) is 12.1 Å². The molecule has 1 heterocycles. The van der Waals surface area contributed by atoms with E-state index in [9.17, 15) is 18.0 Å². The number of H-pyrrole nitrogens is 1. The molecule has 0 bridgehead atoms. The van der Waals surface area contributed by atoms with Gasteiger partial charge in [0.2, 0.25) is 0 Å². The first-order valence-corrected chi connectivity index (χ1v) is 8.23. The lowest BCUT2D eigenvalue weighted by Gasteiger charge is -2.11. The zero-order chi connectivity index (χ0) is 20.3. The van der Waals surface area contributed by atoms with E-state index in [1.165, 1.54) is 18.2 Å². The third-order valence-electron chi connectivity index (χ3n) is 3.88. The molecule has 0 radical (unpaired) electrons. The van der Waals surface area contributed by atoms with Crippen LogP contribution in [0.5, 0.6) is 17.2 Å². The van der Waals surface area contributed by atoms with Gasteiger partial charge < -0.3 is 19.6 Å². The molecule has 0 spiro atoms. The number of aromatic amines is 1. The van der Waals surface area contributed by atoms with Crippen LogP contribution in [0.3, 0.4) is 0 Å². The van der Waals surface area contributed by atoms with Crippen molar-refractivity contribution >= 4 is 0 Å². The first-order valence-electron chi connectivity index (χ1n) is 8.23. The van der Waals surface area contributed by atoms with E-state index in [0.717, 1.165) is 12.1 Å². The number of rotatable bonds is 5. The van der Waals surface area contributed by atoms with E-state index >= 15 is 0 Å². The number of pyridine rings is 1. The first kappa shape index (κ1) is 19.5. The second-order valence-electron chi connectivity index (χ2n) is 5.96. The molecule has 1 aromatic heterocycles. The summed E-state index contributed by atoms with van der Waals surface area (Å²) >= 11 is 0. The molecular weight excluding hydrogens is 375 g/mol. The summed E-state index contributed by atoms with van der Waals surface area (Å²) in [7, 11) is 0. The Morgan fingerprint density at radius 1 is 0.964 bits per heavy atom. The van der Waals surface area contributed by atoms with Gasteiger partial charge >= 0.3 is 6.36 Å². The summed E-state index contributed by atoms with van der Waals surface area (Å²) < 4.78 is 45.9. The highest BCUT2D eigenvalue weighted by Crippen LogP contribution is 2.28. The van der Waals surface area contributed by atoms with Crippen LogP contribution in [0.4, 0.5) is 13.2 Å². The summed E-state index contributed by atoms with van der Waals surface area (Å²) in [6.07, 6.45) is -4.75. The molecule has 3 rings (SSSR count). The number of nitrogens with one attached hydrogen (secondary N) is 1. The van der Waals surface area contributed by atoms with Gasteiger partial charge in [0.05, 0.1) is 6.61 Å². The topological polar surface area (TPSA) is 71.5 Å². The maximum atomic E-state index is 12.3. The number of benzene rings is 2. The molecule has 0 atom stereocenters. The molecule has 0 saturated carbocycles. The smallest absolute Gasteiger partial charge is 0.457 e. The van der Waals surface area contributed by atoms with E-state index < -0.39 is 6.36 Å². The minimum absolute atomic E-state index is 0.214. The highest BCUT2D eigenvalue weighted by Gasteiger charge is 2.30. The Labute approximate surface area is 158 Å². The fourth-order valence-corrected chi connectivity index (χ4v) is 2.73. The van der Waals surface area contributed by atoms with Crippen molar-refractivity contribution in [3.8, 4) is 28.4 Å². The van der Waals surface area contributed by atoms with Crippen LogP contribution in [0.25, 0.3) is 11.1 Å². The predicted octanol–water partition coefficient (Wildman–Crippen LogP) is 4.53. The van der Waals surface area contributed by atoms with Gasteiger partial charge in [-0.05, 0) is 48.9 Å². The molecule has 0 fully saturated rings. The van der Waals surface area contributed by atoms with E-state index in [0.29, 0.717) is 34.0 Å². The van der Waals surface area contributed by atoms with Crippen LogP contribution < -0.4 is 14.9 Å².